The Labute approximate surface area is 47.8 Å². The molecule has 0 rings (SSSR count). The molecule has 0 aliphatic heterocycles. The molecule has 0 nitrogen and oxygen atoms in total. The van der Waals surface area contributed by atoms with E-state index in [4.69, 9.17) is 0 Å². The average Bonchev–Trinajstić information content (AvgIpc) is 1.68. The van der Waals surface area contributed by atoms with Crippen LogP contribution in [0.3, 0.4) is 0 Å². The van der Waals surface area contributed by atoms with Gasteiger partial charge in [-0.25, -0.2) is 4.39 Å². The summed E-state index contributed by atoms with van der Waals surface area (Å²) in [6, 6.07) is 0. The third-order valence-electron chi connectivity index (χ3n) is 0.583. The van der Waals surface area contributed by atoms with Crippen molar-refractivity contribution < 1.29 is 4.39 Å². The zero-order chi connectivity index (χ0) is 5.70. The predicted octanol–water partition coefficient (Wildman–Crippen LogP) is 2.57. The largest absolute Gasteiger partial charge is 0.211 e. The molecule has 2 heteroatoms. The van der Waals surface area contributed by atoms with Crippen LogP contribution in [0.15, 0.2) is 11.2 Å². The Hall–Kier alpha value is 0.0200. The number of allylic oxidation sites excluding steroid dienone is 1. The van der Waals surface area contributed by atoms with Gasteiger partial charge in [0.25, 0.3) is 0 Å². The van der Waals surface area contributed by atoms with E-state index in [0.29, 0.717) is 6.42 Å². The standard InChI is InChI=1S/C5H9FS/c1-3-5(6)4-7-2/h4H,3H2,1-2H3/b5-4+. The predicted molar refractivity (Wildman–Crippen MR) is 33.0 cm³/mol. The van der Waals surface area contributed by atoms with Crippen molar-refractivity contribution in [1.29, 1.82) is 0 Å². The molecule has 0 bridgehead atoms. The molecule has 0 aromatic heterocycles. The first-order chi connectivity index (χ1) is 3.31. The smallest absolute Gasteiger partial charge is 0.106 e. The van der Waals surface area contributed by atoms with Crippen LogP contribution in [-0.2, 0) is 0 Å². The Kier molecular flexibility index (Phi) is 4.20. The highest BCUT2D eigenvalue weighted by Gasteiger charge is 1.82. The van der Waals surface area contributed by atoms with Gasteiger partial charge >= 0.3 is 0 Å². The molecule has 0 heterocycles. The van der Waals surface area contributed by atoms with Gasteiger partial charge in [-0.2, -0.15) is 0 Å². The van der Waals surface area contributed by atoms with Gasteiger partial charge in [-0.05, 0) is 12.7 Å². The lowest BCUT2D eigenvalue weighted by atomic mass is 10.5. The van der Waals surface area contributed by atoms with Gasteiger partial charge in [0, 0.05) is 5.41 Å². The average molecular weight is 120 g/mol. The Morgan fingerprint density at radius 2 is 2.43 bits per heavy atom. The van der Waals surface area contributed by atoms with Gasteiger partial charge in [0.2, 0.25) is 0 Å². The highest BCUT2D eigenvalue weighted by molar-refractivity contribution is 8.01. The fraction of sp³-hybridized carbons (Fsp3) is 0.600. The summed E-state index contributed by atoms with van der Waals surface area (Å²) in [5, 5.41) is 1.51. The Morgan fingerprint density at radius 1 is 1.86 bits per heavy atom. The van der Waals surface area contributed by atoms with E-state index < -0.39 is 0 Å². The normalized spacial score (nSPS) is 12.1. The van der Waals surface area contributed by atoms with Gasteiger partial charge in [0.15, 0.2) is 0 Å². The summed E-state index contributed by atoms with van der Waals surface area (Å²) in [5.74, 6) is -0.0347. The fourth-order valence-corrected chi connectivity index (χ4v) is 0.634. The fourth-order valence-electron chi connectivity index (χ4n) is 0.211. The lowest BCUT2D eigenvalue weighted by molar-refractivity contribution is 0.607. The number of rotatable bonds is 2. The van der Waals surface area contributed by atoms with Gasteiger partial charge in [-0.15, -0.1) is 11.8 Å². The van der Waals surface area contributed by atoms with E-state index in [2.05, 4.69) is 0 Å². The van der Waals surface area contributed by atoms with Crippen LogP contribution < -0.4 is 0 Å². The molecule has 0 aromatic rings. The molecule has 0 N–H and O–H groups in total. The van der Waals surface area contributed by atoms with Crippen molar-refractivity contribution in [3.8, 4) is 0 Å². The van der Waals surface area contributed by atoms with Crippen molar-refractivity contribution in [2.24, 2.45) is 0 Å². The molecular formula is C5H9FS. The summed E-state index contributed by atoms with van der Waals surface area (Å²) < 4.78 is 12.0. The Morgan fingerprint density at radius 3 is 2.57 bits per heavy atom. The molecule has 0 saturated heterocycles. The zero-order valence-corrected chi connectivity index (χ0v) is 5.39. The van der Waals surface area contributed by atoms with Gasteiger partial charge in [-0.3, -0.25) is 0 Å². The second-order valence-electron chi connectivity index (χ2n) is 1.15. The van der Waals surface area contributed by atoms with Gasteiger partial charge < -0.3 is 0 Å². The van der Waals surface area contributed by atoms with E-state index >= 15 is 0 Å². The van der Waals surface area contributed by atoms with Crippen LogP contribution in [0.2, 0.25) is 0 Å². The molecule has 42 valence electrons. The van der Waals surface area contributed by atoms with Gasteiger partial charge in [-0.1, -0.05) is 6.92 Å². The highest BCUT2D eigenvalue weighted by atomic mass is 32.2. The molecule has 0 atom stereocenters. The number of halogens is 1. The maximum absolute atomic E-state index is 12.0. The summed E-state index contributed by atoms with van der Waals surface area (Å²) in [5.41, 5.74) is 0. The molecule has 0 saturated carbocycles. The molecule has 7 heavy (non-hydrogen) atoms. The number of hydrogen-bond acceptors (Lipinski definition) is 1. The summed E-state index contributed by atoms with van der Waals surface area (Å²) in [6.07, 6.45) is 2.36. The SMILES string of the molecule is CC/C(F)=C\SC. The summed E-state index contributed by atoms with van der Waals surface area (Å²) in [7, 11) is 0. The second-order valence-corrected chi connectivity index (χ2v) is 1.86. The van der Waals surface area contributed by atoms with Crippen LogP contribution in [-0.4, -0.2) is 6.26 Å². The molecule has 0 fully saturated rings. The van der Waals surface area contributed by atoms with Crippen LogP contribution in [0.4, 0.5) is 4.39 Å². The summed E-state index contributed by atoms with van der Waals surface area (Å²) in [6.45, 7) is 1.79. The van der Waals surface area contributed by atoms with E-state index in [-0.39, 0.29) is 5.83 Å². The topological polar surface area (TPSA) is 0 Å². The first-order valence-corrected chi connectivity index (χ1v) is 3.47. The Bertz CT molecular complexity index is 68.5. The van der Waals surface area contributed by atoms with Crippen LogP contribution in [0.5, 0.6) is 0 Å². The second kappa shape index (κ2) is 4.19. The first-order valence-electron chi connectivity index (χ1n) is 2.18. The lowest BCUT2D eigenvalue weighted by Crippen LogP contribution is -1.62. The van der Waals surface area contributed by atoms with Crippen molar-refractivity contribution in [3.63, 3.8) is 0 Å². The third-order valence-corrected chi connectivity index (χ3v) is 1.07. The molecule has 0 amide bonds. The van der Waals surface area contributed by atoms with E-state index in [9.17, 15) is 4.39 Å². The monoisotopic (exact) mass is 120 g/mol. The molecule has 0 unspecified atom stereocenters. The first kappa shape index (κ1) is 7.02. The van der Waals surface area contributed by atoms with Crippen LogP contribution in [0.1, 0.15) is 13.3 Å². The molecule has 0 radical (unpaired) electrons. The van der Waals surface area contributed by atoms with E-state index in [1.165, 1.54) is 17.2 Å². The van der Waals surface area contributed by atoms with Crippen LogP contribution in [0, 0.1) is 0 Å². The van der Waals surface area contributed by atoms with E-state index in [1.54, 1.807) is 6.92 Å². The van der Waals surface area contributed by atoms with Crippen molar-refractivity contribution in [2.45, 2.75) is 13.3 Å². The minimum atomic E-state index is -0.0347. The molecule has 0 spiro atoms. The minimum absolute atomic E-state index is 0.0347. The number of thioether (sulfide) groups is 1. The van der Waals surface area contributed by atoms with Crippen molar-refractivity contribution in [3.05, 3.63) is 11.2 Å². The lowest BCUT2D eigenvalue weighted by Gasteiger charge is -1.83. The molecule has 0 aliphatic carbocycles. The zero-order valence-electron chi connectivity index (χ0n) is 4.57. The van der Waals surface area contributed by atoms with Crippen molar-refractivity contribution in [2.75, 3.05) is 6.26 Å². The minimum Gasteiger partial charge on any atom is -0.211 e. The van der Waals surface area contributed by atoms with Crippen molar-refractivity contribution in [1.82, 2.24) is 0 Å². The maximum atomic E-state index is 12.0. The molecular weight excluding hydrogens is 111 g/mol. The van der Waals surface area contributed by atoms with E-state index in [1.807, 2.05) is 6.26 Å². The quantitative estimate of drug-likeness (QED) is 0.539. The molecule has 0 aliphatic rings. The van der Waals surface area contributed by atoms with Crippen LogP contribution >= 0.6 is 11.8 Å². The van der Waals surface area contributed by atoms with Crippen molar-refractivity contribution >= 4 is 11.8 Å². The Balaban J connectivity index is 3.29. The summed E-state index contributed by atoms with van der Waals surface area (Å²) in [4.78, 5) is 0. The van der Waals surface area contributed by atoms with Crippen LogP contribution in [0.25, 0.3) is 0 Å². The van der Waals surface area contributed by atoms with Gasteiger partial charge in [0.1, 0.15) is 5.83 Å². The number of hydrogen-bond donors (Lipinski definition) is 0. The highest BCUT2D eigenvalue weighted by Crippen LogP contribution is 2.06. The summed E-state index contributed by atoms with van der Waals surface area (Å²) >= 11 is 1.40. The molecule has 0 aromatic carbocycles. The maximum Gasteiger partial charge on any atom is 0.106 e. The van der Waals surface area contributed by atoms with Gasteiger partial charge in [0.05, 0.1) is 0 Å². The third kappa shape index (κ3) is 3.86. The van der Waals surface area contributed by atoms with E-state index in [0.717, 1.165) is 0 Å².